The van der Waals surface area contributed by atoms with E-state index in [1.807, 2.05) is 30.5 Å². The summed E-state index contributed by atoms with van der Waals surface area (Å²) in [6, 6.07) is 11.4. The molecule has 200 valence electrons. The molecular weight excluding hydrogens is 491 g/mol. The van der Waals surface area contributed by atoms with Crippen molar-refractivity contribution in [1.82, 2.24) is 19.6 Å². The van der Waals surface area contributed by atoms with Gasteiger partial charge in [0.1, 0.15) is 0 Å². The van der Waals surface area contributed by atoms with Crippen LogP contribution in [0.5, 0.6) is 5.75 Å². The van der Waals surface area contributed by atoms with Gasteiger partial charge in [-0.05, 0) is 68.1 Å². The van der Waals surface area contributed by atoms with Crippen molar-refractivity contribution >= 4 is 8.41 Å². The van der Waals surface area contributed by atoms with Crippen LogP contribution in [0.1, 0.15) is 31.0 Å². The molecule has 1 N–H and O–H groups in total. The molecule has 4 rings (SSSR count). The first-order chi connectivity index (χ1) is 17.7. The van der Waals surface area contributed by atoms with Gasteiger partial charge in [0.05, 0.1) is 25.0 Å². The molecule has 10 heteroatoms. The molecule has 1 saturated heterocycles. The van der Waals surface area contributed by atoms with E-state index in [4.69, 9.17) is 14.6 Å². The Balaban J connectivity index is 1.39. The predicted octanol–water partition coefficient (Wildman–Crippen LogP) is 3.94. The minimum absolute atomic E-state index is 0.0149. The number of hydrogen-bond acceptors (Lipinski definition) is 6. The van der Waals surface area contributed by atoms with E-state index in [0.717, 1.165) is 29.8 Å². The number of hydrogen-bond donors (Lipinski definition) is 1. The maximum absolute atomic E-state index is 15.4. The molecule has 3 aromatic rings. The fourth-order valence-electron chi connectivity index (χ4n) is 5.55. The number of rotatable bonds is 11. The van der Waals surface area contributed by atoms with E-state index in [1.54, 1.807) is 40.7 Å². The number of aliphatic hydroxyl groups excluding tert-OH is 1. The zero-order valence-corrected chi connectivity index (χ0v) is 23.0. The second-order valence-electron chi connectivity index (χ2n) is 10.4. The van der Waals surface area contributed by atoms with Gasteiger partial charge in [-0.25, -0.2) is 0 Å². The molecule has 1 fully saturated rings. The van der Waals surface area contributed by atoms with Gasteiger partial charge in [-0.2, -0.15) is 0 Å². The lowest BCUT2D eigenvalue weighted by Gasteiger charge is -2.28. The van der Waals surface area contributed by atoms with Crippen molar-refractivity contribution in [3.05, 3.63) is 70.4 Å². The summed E-state index contributed by atoms with van der Waals surface area (Å²) in [6.45, 7) is 6.32. The molecule has 4 atom stereocenters. The first kappa shape index (κ1) is 27.2. The Morgan fingerprint density at radius 3 is 2.57 bits per heavy atom. The van der Waals surface area contributed by atoms with E-state index in [9.17, 15) is 4.79 Å². The molecule has 0 bridgehead atoms. The molecule has 1 aliphatic rings. The molecule has 0 spiro atoms. The maximum Gasteiger partial charge on any atom is 0.297 e. The highest BCUT2D eigenvalue weighted by Gasteiger charge is 2.50. The largest absolute Gasteiger partial charge is 0.491 e. The summed E-state index contributed by atoms with van der Waals surface area (Å²) in [5.41, 5.74) is 2.39. The highest BCUT2D eigenvalue weighted by Crippen LogP contribution is 2.47. The molecule has 0 saturated carbocycles. The number of nitrogens with zero attached hydrogens (tertiary/aromatic N) is 4. The predicted molar refractivity (Wildman–Crippen MR) is 143 cm³/mol. The summed E-state index contributed by atoms with van der Waals surface area (Å²) >= 11 is 0. The van der Waals surface area contributed by atoms with Crippen LogP contribution in [0, 0.1) is 5.92 Å². The summed E-state index contributed by atoms with van der Waals surface area (Å²) in [5, 5.41) is 17.3. The summed E-state index contributed by atoms with van der Waals surface area (Å²) in [6.07, 6.45) is 6.16. The SMILES string of the molecule is COc1cccn(-c2ccc(CC[C@H]3O[C@@H](CCn4cc(CCO)nn4)[C@H]([Si](C)(C)F)[C@H]3C)cc2)c1=O. The van der Waals surface area contributed by atoms with Gasteiger partial charge >= 0.3 is 0 Å². The molecule has 37 heavy (non-hydrogen) atoms. The lowest BCUT2D eigenvalue weighted by molar-refractivity contribution is 0.0247. The lowest BCUT2D eigenvalue weighted by atomic mass is 9.95. The van der Waals surface area contributed by atoms with Crippen LogP contribution < -0.4 is 10.3 Å². The van der Waals surface area contributed by atoms with Crippen molar-refractivity contribution in [3.8, 4) is 11.4 Å². The van der Waals surface area contributed by atoms with E-state index in [-0.39, 0.29) is 35.8 Å². The molecule has 0 amide bonds. The highest BCUT2D eigenvalue weighted by molar-refractivity contribution is 6.72. The third-order valence-corrected chi connectivity index (χ3v) is 9.84. The molecule has 8 nitrogen and oxygen atoms in total. The maximum atomic E-state index is 15.4. The Labute approximate surface area is 218 Å². The third kappa shape index (κ3) is 6.37. The number of halogens is 1. The Bertz CT molecular complexity index is 1220. The van der Waals surface area contributed by atoms with Crippen molar-refractivity contribution in [2.45, 2.75) is 70.0 Å². The molecule has 1 aliphatic heterocycles. The van der Waals surface area contributed by atoms with Crippen LogP contribution in [0.2, 0.25) is 18.6 Å². The van der Waals surface area contributed by atoms with Crippen LogP contribution >= 0.6 is 0 Å². The smallest absolute Gasteiger partial charge is 0.297 e. The van der Waals surface area contributed by atoms with E-state index < -0.39 is 8.41 Å². The van der Waals surface area contributed by atoms with Crippen molar-refractivity contribution in [3.63, 3.8) is 0 Å². The van der Waals surface area contributed by atoms with Gasteiger partial charge < -0.3 is 18.7 Å². The van der Waals surface area contributed by atoms with Crippen LogP contribution in [-0.2, 0) is 24.1 Å². The van der Waals surface area contributed by atoms with Gasteiger partial charge in [-0.1, -0.05) is 24.3 Å². The first-order valence-electron chi connectivity index (χ1n) is 12.9. The van der Waals surface area contributed by atoms with Crippen LogP contribution in [0.4, 0.5) is 4.11 Å². The topological polar surface area (TPSA) is 91.4 Å². The van der Waals surface area contributed by atoms with Crippen LogP contribution in [0.3, 0.4) is 0 Å². The average Bonchev–Trinajstić information content (AvgIpc) is 3.45. The molecule has 0 aliphatic carbocycles. The molecule has 2 aromatic heterocycles. The Kier molecular flexibility index (Phi) is 8.61. The van der Waals surface area contributed by atoms with Crippen LogP contribution in [0.15, 0.2) is 53.6 Å². The number of ether oxygens (including phenoxy) is 2. The summed E-state index contributed by atoms with van der Waals surface area (Å²) in [5.74, 6) is 0.434. The number of pyridine rings is 1. The molecule has 0 unspecified atom stereocenters. The summed E-state index contributed by atoms with van der Waals surface area (Å²) in [4.78, 5) is 12.5. The molecular formula is C27H37FN4O4Si. The quantitative estimate of drug-likeness (QED) is 0.299. The van der Waals surface area contributed by atoms with Crippen molar-refractivity contribution in [2.24, 2.45) is 5.92 Å². The fraction of sp³-hybridized carbons (Fsp3) is 0.519. The van der Waals surface area contributed by atoms with Crippen LogP contribution in [0.25, 0.3) is 5.69 Å². The number of methoxy groups -OCH3 is 1. The van der Waals surface area contributed by atoms with Crippen molar-refractivity contribution < 1.29 is 18.7 Å². The zero-order chi connectivity index (χ0) is 26.6. The van der Waals surface area contributed by atoms with Gasteiger partial charge in [0.15, 0.2) is 5.75 Å². The second-order valence-corrected chi connectivity index (χ2v) is 14.1. The normalized spacial score (nSPS) is 21.9. The van der Waals surface area contributed by atoms with Crippen molar-refractivity contribution in [1.29, 1.82) is 0 Å². The Morgan fingerprint density at radius 1 is 1.14 bits per heavy atom. The lowest BCUT2D eigenvalue weighted by Crippen LogP contribution is -2.36. The van der Waals surface area contributed by atoms with Gasteiger partial charge in [0.2, 0.25) is 8.41 Å². The Morgan fingerprint density at radius 2 is 1.89 bits per heavy atom. The standard InChI is InChI=1S/C27H37FN4O4Si/c1-19-23(12-9-20-7-10-22(11-8-20)32-15-5-6-25(35-2)27(32)34)36-24(26(19)37(3,4)28)13-16-31-18-21(14-17-33)29-30-31/h5-8,10-11,15,18-19,23-24,26,33H,9,12-14,16-17H2,1-4H3/t19-,23+,24-,26+/m0/s1. The van der Waals surface area contributed by atoms with E-state index in [0.29, 0.717) is 25.1 Å². The first-order valence-corrected chi connectivity index (χ1v) is 15.9. The van der Waals surface area contributed by atoms with Gasteiger partial charge in [-0.3, -0.25) is 14.0 Å². The fourth-order valence-corrected chi connectivity index (χ4v) is 8.14. The number of aryl methyl sites for hydroxylation is 2. The second kappa shape index (κ2) is 11.7. The monoisotopic (exact) mass is 528 g/mol. The van der Waals surface area contributed by atoms with Gasteiger partial charge in [0, 0.05) is 43.2 Å². The number of aromatic nitrogens is 4. The van der Waals surface area contributed by atoms with Gasteiger partial charge in [-0.15, -0.1) is 5.10 Å². The molecule has 1 aromatic carbocycles. The summed E-state index contributed by atoms with van der Waals surface area (Å²) in [7, 11) is -1.46. The van der Waals surface area contributed by atoms with E-state index >= 15 is 4.11 Å². The van der Waals surface area contributed by atoms with Crippen molar-refractivity contribution in [2.75, 3.05) is 13.7 Å². The van der Waals surface area contributed by atoms with Gasteiger partial charge in [0.25, 0.3) is 5.56 Å². The average molecular weight is 529 g/mol. The van der Waals surface area contributed by atoms with Crippen LogP contribution in [-0.4, -0.2) is 59.0 Å². The number of benzene rings is 1. The minimum Gasteiger partial charge on any atom is -0.491 e. The third-order valence-electron chi connectivity index (χ3n) is 7.36. The zero-order valence-electron chi connectivity index (χ0n) is 22.0. The molecule has 0 radical (unpaired) electrons. The van der Waals surface area contributed by atoms with E-state index in [2.05, 4.69) is 17.2 Å². The molecule has 3 heterocycles. The summed E-state index contributed by atoms with van der Waals surface area (Å²) < 4.78 is 30.4. The highest BCUT2D eigenvalue weighted by atomic mass is 28.4. The Hall–Kier alpha value is -2.82. The number of aliphatic hydroxyl groups is 1. The van der Waals surface area contributed by atoms with E-state index in [1.165, 1.54) is 7.11 Å². The minimum atomic E-state index is -2.95.